The van der Waals surface area contributed by atoms with Crippen LogP contribution in [0, 0.1) is 28.6 Å². The predicted molar refractivity (Wildman–Crippen MR) is 192 cm³/mol. The maximum Gasteiger partial charge on any atom is 0.246 e. The van der Waals surface area contributed by atoms with Crippen LogP contribution >= 0.6 is 11.6 Å². The summed E-state index contributed by atoms with van der Waals surface area (Å²) in [5.74, 6) is -2.21. The van der Waals surface area contributed by atoms with E-state index in [1.54, 1.807) is 12.1 Å². The van der Waals surface area contributed by atoms with Gasteiger partial charge in [0.25, 0.3) is 0 Å². The number of amides is 3. The second kappa shape index (κ2) is 14.2. The minimum absolute atomic E-state index is 0.0439. The molecule has 1 spiro atoms. The molecule has 0 aromatic heterocycles. The number of oxime groups is 1. The minimum atomic E-state index is -1.03. The van der Waals surface area contributed by atoms with Crippen LogP contribution in [-0.2, 0) is 28.8 Å². The Balaban J connectivity index is 1.41. The van der Waals surface area contributed by atoms with E-state index >= 15 is 0 Å². The third kappa shape index (κ3) is 8.16. The molecule has 10 nitrogen and oxygen atoms in total. The highest BCUT2D eigenvalue weighted by Crippen LogP contribution is 2.59. The first kappa shape index (κ1) is 37.7. The first-order chi connectivity index (χ1) is 23.4. The van der Waals surface area contributed by atoms with Crippen LogP contribution in [0.5, 0.6) is 0 Å². The zero-order valence-electron chi connectivity index (χ0n) is 30.7. The Morgan fingerprint density at radius 3 is 2.40 bits per heavy atom. The van der Waals surface area contributed by atoms with E-state index in [9.17, 15) is 24.0 Å². The lowest BCUT2D eigenvalue weighted by atomic mass is 9.85. The Morgan fingerprint density at radius 2 is 1.80 bits per heavy atom. The summed E-state index contributed by atoms with van der Waals surface area (Å²) in [4.78, 5) is 76.4. The van der Waals surface area contributed by atoms with Crippen LogP contribution in [-0.4, -0.2) is 70.2 Å². The van der Waals surface area contributed by atoms with Crippen molar-refractivity contribution in [1.29, 1.82) is 0 Å². The van der Waals surface area contributed by atoms with Gasteiger partial charge in [0.05, 0.1) is 24.2 Å². The largest absolute Gasteiger partial charge is 0.387 e. The summed E-state index contributed by atoms with van der Waals surface area (Å²) in [6.45, 7) is 15.7. The monoisotopic (exact) mass is 708 g/mol. The van der Waals surface area contributed by atoms with Crippen molar-refractivity contribution in [2.45, 2.75) is 124 Å². The summed E-state index contributed by atoms with van der Waals surface area (Å²) >= 11 is 6.26. The van der Waals surface area contributed by atoms with Gasteiger partial charge in [-0.1, -0.05) is 88.5 Å². The summed E-state index contributed by atoms with van der Waals surface area (Å²) in [5.41, 5.74) is 0.581. The minimum Gasteiger partial charge on any atom is -0.387 e. The molecule has 0 radical (unpaired) electrons. The molecule has 11 heteroatoms. The molecule has 2 saturated carbocycles. The number of nitrogens with zero attached hydrogens (tertiary/aromatic N) is 2. The molecular weight excluding hydrogens is 656 g/mol. The molecule has 1 aromatic carbocycles. The Kier molecular flexibility index (Phi) is 10.7. The number of likely N-dealkylation sites (tertiary alicyclic amines) is 1. The van der Waals surface area contributed by atoms with Gasteiger partial charge in [-0.2, -0.15) is 0 Å². The van der Waals surface area contributed by atoms with Gasteiger partial charge < -0.3 is 20.4 Å². The van der Waals surface area contributed by atoms with Crippen LogP contribution in [0.1, 0.15) is 106 Å². The SMILES string of the molecule is CCC[C@H](NC(=O)[C@@H]1C[C@]2(CC(c3cccc(Cl)c3)=NO2)CN1C(=O)[C@@H](NC(=O)[C@@H]1[C@@H](C=C(C)C)C1(C)C)C(C)(C)C)C(=O)C(=O)CC1CC1. The number of Topliss-reactive ketones (excluding diaryl/α,β-unsaturated/α-hetero) is 2. The molecule has 2 aliphatic carbocycles. The number of hydrogen-bond acceptors (Lipinski definition) is 7. The molecule has 0 bridgehead atoms. The number of nitrogens with one attached hydrogen (secondary N) is 2. The van der Waals surface area contributed by atoms with E-state index in [4.69, 9.17) is 16.4 Å². The van der Waals surface area contributed by atoms with Gasteiger partial charge in [0.1, 0.15) is 12.1 Å². The third-order valence-electron chi connectivity index (χ3n) is 10.7. The number of allylic oxidation sites excluding steroid dienone is 2. The van der Waals surface area contributed by atoms with Gasteiger partial charge in [0.15, 0.2) is 5.60 Å². The highest BCUT2D eigenvalue weighted by molar-refractivity contribution is 6.39. The first-order valence-electron chi connectivity index (χ1n) is 18.0. The number of benzene rings is 1. The van der Waals surface area contributed by atoms with Gasteiger partial charge in [-0.3, -0.25) is 24.0 Å². The van der Waals surface area contributed by atoms with E-state index in [2.05, 4.69) is 35.7 Å². The van der Waals surface area contributed by atoms with Crippen LogP contribution in [0.4, 0.5) is 0 Å². The van der Waals surface area contributed by atoms with Gasteiger partial charge >= 0.3 is 0 Å². The van der Waals surface area contributed by atoms with Crippen molar-refractivity contribution < 1.29 is 28.8 Å². The molecule has 1 saturated heterocycles. The van der Waals surface area contributed by atoms with E-state index < -0.39 is 52.5 Å². The zero-order valence-corrected chi connectivity index (χ0v) is 31.5. The van der Waals surface area contributed by atoms with Crippen molar-refractivity contribution in [1.82, 2.24) is 15.5 Å². The fourth-order valence-corrected chi connectivity index (χ4v) is 7.74. The van der Waals surface area contributed by atoms with Crippen molar-refractivity contribution in [2.75, 3.05) is 6.54 Å². The Bertz CT molecular complexity index is 1600. The maximum absolute atomic E-state index is 14.7. The normalized spacial score (nSPS) is 26.4. The number of halogens is 1. The molecule has 2 N–H and O–H groups in total. The molecule has 272 valence electrons. The molecule has 1 aromatic rings. The van der Waals surface area contributed by atoms with E-state index in [1.807, 2.05) is 53.7 Å². The number of hydrogen-bond donors (Lipinski definition) is 2. The second-order valence-corrected chi connectivity index (χ2v) is 17.3. The highest BCUT2D eigenvalue weighted by atomic mass is 35.5. The fraction of sp³-hybridized carbons (Fsp3) is 0.641. The van der Waals surface area contributed by atoms with Crippen LogP contribution in [0.3, 0.4) is 0 Å². The summed E-state index contributed by atoms with van der Waals surface area (Å²) in [5, 5.41) is 10.9. The van der Waals surface area contributed by atoms with Gasteiger partial charge in [-0.05, 0) is 67.9 Å². The molecule has 3 amide bonds. The van der Waals surface area contributed by atoms with Crippen molar-refractivity contribution >= 4 is 46.6 Å². The van der Waals surface area contributed by atoms with Crippen LogP contribution in [0.15, 0.2) is 41.1 Å². The second-order valence-electron chi connectivity index (χ2n) is 16.8. The number of carbonyl (C=O) groups is 5. The average Bonchev–Trinajstić information content (AvgIpc) is 3.82. The fourth-order valence-electron chi connectivity index (χ4n) is 7.55. The van der Waals surface area contributed by atoms with Crippen LogP contribution in [0.2, 0.25) is 5.02 Å². The average molecular weight is 709 g/mol. The lowest BCUT2D eigenvalue weighted by Gasteiger charge is -2.36. The molecule has 0 unspecified atom stereocenters. The standard InChI is InChI=1S/C39H53ClN4O6/c1-9-11-27(32(46)30(45)17-23-14-15-23)41-34(47)29-20-39(19-28(43-50-39)24-12-10-13-25(40)18-24)21-44(29)36(49)33(37(4,5)6)42-35(48)31-26(16-22(2)3)38(31,7)8/h10,12-13,16,18,23,26-27,29,31,33H,9,11,14-15,17,19-21H2,1-8H3,(H,41,47)(H,42,48)/t26-,27+,29+,31+,33-,39-/m1/s1. The lowest BCUT2D eigenvalue weighted by Crippen LogP contribution is -2.59. The van der Waals surface area contributed by atoms with Gasteiger partial charge in [-0.15, -0.1) is 0 Å². The summed E-state index contributed by atoms with van der Waals surface area (Å²) in [6.07, 6.45) is 5.50. The van der Waals surface area contributed by atoms with Crippen LogP contribution < -0.4 is 10.6 Å². The van der Waals surface area contributed by atoms with Crippen molar-refractivity contribution in [3.8, 4) is 0 Å². The van der Waals surface area contributed by atoms with E-state index in [0.717, 1.165) is 24.0 Å². The molecule has 2 heterocycles. The summed E-state index contributed by atoms with van der Waals surface area (Å²) in [6, 6.07) is 4.28. The van der Waals surface area contributed by atoms with Gasteiger partial charge in [0, 0.05) is 29.8 Å². The molecule has 5 rings (SSSR count). The Hall–Kier alpha value is -3.53. The maximum atomic E-state index is 14.7. The Morgan fingerprint density at radius 1 is 1.10 bits per heavy atom. The molecular formula is C39H53ClN4O6. The van der Waals surface area contributed by atoms with Crippen molar-refractivity contribution in [3.63, 3.8) is 0 Å². The highest BCUT2D eigenvalue weighted by Gasteiger charge is 2.61. The topological polar surface area (TPSA) is 134 Å². The first-order valence-corrected chi connectivity index (χ1v) is 18.4. The van der Waals surface area contributed by atoms with E-state index in [-0.39, 0.29) is 48.5 Å². The van der Waals surface area contributed by atoms with Crippen molar-refractivity contribution in [2.24, 2.45) is 33.7 Å². The molecule has 2 aliphatic heterocycles. The lowest BCUT2D eigenvalue weighted by molar-refractivity contribution is -0.145. The Labute approximate surface area is 301 Å². The molecule has 3 fully saturated rings. The summed E-state index contributed by atoms with van der Waals surface area (Å²) in [7, 11) is 0. The quantitative estimate of drug-likeness (QED) is 0.197. The predicted octanol–water partition coefficient (Wildman–Crippen LogP) is 5.80. The van der Waals surface area contributed by atoms with E-state index in [0.29, 0.717) is 30.0 Å². The number of ketones is 2. The van der Waals surface area contributed by atoms with Crippen LogP contribution in [0.25, 0.3) is 0 Å². The third-order valence-corrected chi connectivity index (χ3v) is 11.0. The van der Waals surface area contributed by atoms with Gasteiger partial charge in [-0.25, -0.2) is 0 Å². The van der Waals surface area contributed by atoms with E-state index in [1.165, 1.54) is 4.90 Å². The zero-order chi connectivity index (χ0) is 36.8. The molecule has 50 heavy (non-hydrogen) atoms. The number of carbonyl (C=O) groups excluding carboxylic acids is 5. The summed E-state index contributed by atoms with van der Waals surface area (Å²) < 4.78 is 0. The molecule has 6 atom stereocenters. The van der Waals surface area contributed by atoms with Gasteiger partial charge in [0.2, 0.25) is 29.3 Å². The molecule has 4 aliphatic rings. The number of rotatable bonds is 13. The van der Waals surface area contributed by atoms with Crippen molar-refractivity contribution in [3.05, 3.63) is 46.5 Å². The smallest absolute Gasteiger partial charge is 0.246 e.